The lowest BCUT2D eigenvalue weighted by atomic mass is 10.3. The third kappa shape index (κ3) is 1.56. The summed E-state index contributed by atoms with van der Waals surface area (Å²) in [7, 11) is 0. The molecule has 1 fully saturated rings. The number of aromatic amines is 2. The van der Waals surface area contributed by atoms with Gasteiger partial charge in [-0.15, -0.1) is 0 Å². The average Bonchev–Trinajstić information content (AvgIpc) is 2.73. The molecule has 0 radical (unpaired) electrons. The fraction of sp³-hybridized carbons (Fsp3) is 0.500. The number of nitrogens with zero attached hydrogens (tertiary/aromatic N) is 1. The Morgan fingerprint density at radius 2 is 2.43 bits per heavy atom. The van der Waals surface area contributed by atoms with E-state index in [9.17, 15) is 9.59 Å². The summed E-state index contributed by atoms with van der Waals surface area (Å²) in [6, 6.07) is 0.0598. The summed E-state index contributed by atoms with van der Waals surface area (Å²) in [5.41, 5.74) is 5.60. The molecule has 0 spiro atoms. The number of aromatic nitrogens is 2. The molecule has 0 aromatic carbocycles. The molecule has 0 aliphatic carbocycles. The summed E-state index contributed by atoms with van der Waals surface area (Å²) in [5, 5.41) is 0. The Labute approximate surface area is 80.1 Å². The summed E-state index contributed by atoms with van der Waals surface area (Å²) < 4.78 is 0. The van der Waals surface area contributed by atoms with Crippen LogP contribution in [0.1, 0.15) is 16.9 Å². The first-order chi connectivity index (χ1) is 6.66. The van der Waals surface area contributed by atoms with Gasteiger partial charge in [-0.25, -0.2) is 4.79 Å². The molecule has 76 valence electrons. The normalized spacial score (nSPS) is 21.5. The molecule has 4 N–H and O–H groups in total. The predicted molar refractivity (Wildman–Crippen MR) is 49.9 cm³/mol. The van der Waals surface area contributed by atoms with Gasteiger partial charge in [-0.1, -0.05) is 0 Å². The van der Waals surface area contributed by atoms with Crippen LogP contribution in [-0.4, -0.2) is 39.9 Å². The van der Waals surface area contributed by atoms with E-state index in [2.05, 4.69) is 9.97 Å². The van der Waals surface area contributed by atoms with Crippen LogP contribution in [-0.2, 0) is 0 Å². The Morgan fingerprint density at radius 3 is 2.93 bits per heavy atom. The van der Waals surface area contributed by atoms with Crippen LogP contribution < -0.4 is 11.4 Å². The number of likely N-dealkylation sites (tertiary alicyclic amines) is 1. The van der Waals surface area contributed by atoms with Gasteiger partial charge in [0.05, 0.1) is 0 Å². The van der Waals surface area contributed by atoms with Gasteiger partial charge in [-0.05, 0) is 6.42 Å². The van der Waals surface area contributed by atoms with Gasteiger partial charge in [0, 0.05) is 25.3 Å². The van der Waals surface area contributed by atoms with Crippen LogP contribution in [0.25, 0.3) is 0 Å². The lowest BCUT2D eigenvalue weighted by Gasteiger charge is -2.13. The van der Waals surface area contributed by atoms with Gasteiger partial charge in [0.1, 0.15) is 5.69 Å². The van der Waals surface area contributed by atoms with Crippen molar-refractivity contribution in [3.8, 4) is 0 Å². The molecule has 6 nitrogen and oxygen atoms in total. The molecular weight excluding hydrogens is 184 g/mol. The molecule has 1 aromatic rings. The quantitative estimate of drug-likeness (QED) is 0.530. The van der Waals surface area contributed by atoms with Crippen molar-refractivity contribution in [2.24, 2.45) is 5.73 Å². The number of carbonyl (C=O) groups is 1. The number of H-pyrrole nitrogens is 2. The van der Waals surface area contributed by atoms with E-state index in [0.29, 0.717) is 18.8 Å². The molecule has 1 aliphatic rings. The highest BCUT2D eigenvalue weighted by Crippen LogP contribution is 2.09. The van der Waals surface area contributed by atoms with Gasteiger partial charge >= 0.3 is 5.69 Å². The lowest BCUT2D eigenvalue weighted by molar-refractivity contribution is 0.0785. The molecule has 1 amide bonds. The second kappa shape index (κ2) is 3.30. The first kappa shape index (κ1) is 9.01. The molecule has 1 atom stereocenters. The Balaban J connectivity index is 2.13. The van der Waals surface area contributed by atoms with E-state index >= 15 is 0 Å². The average molecular weight is 196 g/mol. The van der Waals surface area contributed by atoms with Crippen molar-refractivity contribution in [2.75, 3.05) is 13.1 Å². The Bertz CT molecular complexity index is 394. The van der Waals surface area contributed by atoms with Crippen molar-refractivity contribution < 1.29 is 4.79 Å². The molecule has 0 bridgehead atoms. The second-order valence-electron chi connectivity index (χ2n) is 3.46. The molecule has 0 saturated carbocycles. The van der Waals surface area contributed by atoms with Gasteiger partial charge in [0.15, 0.2) is 0 Å². The van der Waals surface area contributed by atoms with Crippen LogP contribution in [0.4, 0.5) is 0 Å². The molecule has 6 heteroatoms. The fourth-order valence-electron chi connectivity index (χ4n) is 1.59. The Kier molecular flexibility index (Phi) is 2.12. The lowest BCUT2D eigenvalue weighted by Crippen LogP contribution is -2.32. The van der Waals surface area contributed by atoms with Crippen molar-refractivity contribution in [1.29, 1.82) is 0 Å². The van der Waals surface area contributed by atoms with E-state index < -0.39 is 0 Å². The molecule has 1 unspecified atom stereocenters. The number of hydrogen-bond acceptors (Lipinski definition) is 3. The van der Waals surface area contributed by atoms with E-state index in [-0.39, 0.29) is 17.6 Å². The van der Waals surface area contributed by atoms with Crippen LogP contribution >= 0.6 is 0 Å². The third-order valence-corrected chi connectivity index (χ3v) is 2.34. The number of nitrogens with one attached hydrogen (secondary N) is 2. The molecule has 1 aromatic heterocycles. The monoisotopic (exact) mass is 196 g/mol. The number of carbonyl (C=O) groups excluding carboxylic acids is 1. The van der Waals surface area contributed by atoms with Crippen molar-refractivity contribution in [2.45, 2.75) is 12.5 Å². The van der Waals surface area contributed by atoms with Crippen LogP contribution in [0.5, 0.6) is 0 Å². The van der Waals surface area contributed by atoms with Crippen LogP contribution in [0, 0.1) is 0 Å². The van der Waals surface area contributed by atoms with Gasteiger partial charge in [0.2, 0.25) is 0 Å². The van der Waals surface area contributed by atoms with E-state index in [0.717, 1.165) is 6.42 Å². The number of hydrogen-bond donors (Lipinski definition) is 3. The van der Waals surface area contributed by atoms with Crippen molar-refractivity contribution in [1.82, 2.24) is 14.9 Å². The maximum atomic E-state index is 11.7. The van der Waals surface area contributed by atoms with Crippen molar-refractivity contribution >= 4 is 5.91 Å². The number of nitrogens with two attached hydrogens (primary N) is 1. The van der Waals surface area contributed by atoms with Crippen molar-refractivity contribution in [3.05, 3.63) is 22.4 Å². The van der Waals surface area contributed by atoms with Gasteiger partial charge in [-0.3, -0.25) is 4.79 Å². The fourth-order valence-corrected chi connectivity index (χ4v) is 1.59. The first-order valence-corrected chi connectivity index (χ1v) is 4.49. The predicted octanol–water partition coefficient (Wildman–Crippen LogP) is -1.12. The minimum absolute atomic E-state index is 0.0598. The molecule has 1 saturated heterocycles. The highest BCUT2D eigenvalue weighted by molar-refractivity contribution is 5.92. The molecule has 14 heavy (non-hydrogen) atoms. The summed E-state index contributed by atoms with van der Waals surface area (Å²) in [5.74, 6) is -0.170. The largest absolute Gasteiger partial charge is 0.336 e. The summed E-state index contributed by atoms with van der Waals surface area (Å²) in [6.07, 6.45) is 2.20. The maximum absolute atomic E-state index is 11.7. The maximum Gasteiger partial charge on any atom is 0.323 e. The molecular formula is C8H12N4O2. The highest BCUT2D eigenvalue weighted by Gasteiger charge is 2.25. The molecule has 1 aliphatic heterocycles. The van der Waals surface area contributed by atoms with Crippen LogP contribution in [0.3, 0.4) is 0 Å². The van der Waals surface area contributed by atoms with Gasteiger partial charge in [-0.2, -0.15) is 0 Å². The third-order valence-electron chi connectivity index (χ3n) is 2.34. The van der Waals surface area contributed by atoms with Crippen LogP contribution in [0.15, 0.2) is 11.0 Å². The SMILES string of the molecule is NC1CCN(C(=O)c2c[nH]c(=O)[nH]2)C1. The van der Waals surface area contributed by atoms with Crippen molar-refractivity contribution in [3.63, 3.8) is 0 Å². The Morgan fingerprint density at radius 1 is 1.64 bits per heavy atom. The summed E-state index contributed by atoms with van der Waals surface area (Å²) in [4.78, 5) is 28.9. The van der Waals surface area contributed by atoms with E-state index in [4.69, 9.17) is 5.73 Å². The standard InChI is InChI=1S/C8H12N4O2/c9-5-1-2-12(4-5)7(13)6-3-10-8(14)11-6/h3,5H,1-2,4,9H2,(H2,10,11,14). The highest BCUT2D eigenvalue weighted by atomic mass is 16.2. The first-order valence-electron chi connectivity index (χ1n) is 4.49. The minimum Gasteiger partial charge on any atom is -0.336 e. The van der Waals surface area contributed by atoms with Gasteiger partial charge in [0.25, 0.3) is 5.91 Å². The van der Waals surface area contributed by atoms with E-state index in [1.165, 1.54) is 6.20 Å². The number of imidazole rings is 1. The van der Waals surface area contributed by atoms with Crippen LogP contribution in [0.2, 0.25) is 0 Å². The Hall–Kier alpha value is -1.56. The number of rotatable bonds is 1. The smallest absolute Gasteiger partial charge is 0.323 e. The topological polar surface area (TPSA) is 95.0 Å². The zero-order valence-corrected chi connectivity index (χ0v) is 7.62. The van der Waals surface area contributed by atoms with E-state index in [1.807, 2.05) is 0 Å². The molecule has 2 heterocycles. The van der Waals surface area contributed by atoms with Gasteiger partial charge < -0.3 is 20.6 Å². The molecule has 2 rings (SSSR count). The second-order valence-corrected chi connectivity index (χ2v) is 3.46. The minimum atomic E-state index is -0.364. The summed E-state index contributed by atoms with van der Waals surface area (Å²) in [6.45, 7) is 1.22. The summed E-state index contributed by atoms with van der Waals surface area (Å²) >= 11 is 0. The van der Waals surface area contributed by atoms with E-state index in [1.54, 1.807) is 4.90 Å². The zero-order valence-electron chi connectivity index (χ0n) is 7.62. The number of amides is 1. The zero-order chi connectivity index (χ0) is 10.1.